The van der Waals surface area contributed by atoms with E-state index < -0.39 is 0 Å². The molecule has 1 rings (SSSR count). The van der Waals surface area contributed by atoms with Crippen molar-refractivity contribution in [1.82, 2.24) is 5.32 Å². The molecule has 0 atom stereocenters. The Labute approximate surface area is 147 Å². The molecule has 0 spiro atoms. The van der Waals surface area contributed by atoms with Gasteiger partial charge in [0.1, 0.15) is 0 Å². The quantitative estimate of drug-likeness (QED) is 0.309. The van der Waals surface area contributed by atoms with Crippen LogP contribution in [-0.4, -0.2) is 19.0 Å². The number of nitrogens with one attached hydrogen (secondary N) is 1. The lowest BCUT2D eigenvalue weighted by molar-refractivity contribution is 0.538. The lowest BCUT2D eigenvalue weighted by atomic mass is 9.85. The molecule has 3 N–H and O–H groups in total. The van der Waals surface area contributed by atoms with Gasteiger partial charge in [0.25, 0.3) is 0 Å². The Morgan fingerprint density at radius 1 is 1.45 bits per heavy atom. The largest absolute Gasteiger partial charge is 0.370 e. The number of nitrogens with two attached hydrogens (primary N) is 1. The molecule has 0 aliphatic heterocycles. The summed E-state index contributed by atoms with van der Waals surface area (Å²) in [4.78, 5) is 4.40. The topological polar surface area (TPSA) is 50.4 Å². The van der Waals surface area contributed by atoms with E-state index in [0.29, 0.717) is 19.0 Å². The van der Waals surface area contributed by atoms with Crippen molar-refractivity contribution in [3.63, 3.8) is 0 Å². The van der Waals surface area contributed by atoms with Crippen LogP contribution in [0.4, 0.5) is 0 Å². The van der Waals surface area contributed by atoms with Crippen molar-refractivity contribution in [1.29, 1.82) is 0 Å². The molecule has 112 valence electrons. The third kappa shape index (κ3) is 6.74. The molecule has 0 bridgehead atoms. The van der Waals surface area contributed by atoms with Crippen LogP contribution in [0.5, 0.6) is 0 Å². The summed E-state index contributed by atoms with van der Waals surface area (Å²) < 4.78 is 1.08. The molecule has 0 aliphatic rings. The molecule has 0 aromatic heterocycles. The van der Waals surface area contributed by atoms with Crippen molar-refractivity contribution in [2.75, 3.05) is 13.1 Å². The van der Waals surface area contributed by atoms with Crippen LogP contribution in [0, 0.1) is 0 Å². The molecule has 0 amide bonds. The highest BCUT2D eigenvalue weighted by Gasteiger charge is 2.20. The first-order chi connectivity index (χ1) is 8.81. The number of benzene rings is 1. The first-order valence-corrected chi connectivity index (χ1v) is 7.05. The van der Waals surface area contributed by atoms with Gasteiger partial charge in [-0.3, -0.25) is 4.99 Å². The van der Waals surface area contributed by atoms with E-state index in [1.165, 1.54) is 5.56 Å². The fourth-order valence-electron chi connectivity index (χ4n) is 1.58. The zero-order valence-electron chi connectivity index (χ0n) is 12.2. The smallest absolute Gasteiger partial charge is 0.188 e. The Morgan fingerprint density at radius 2 is 2.10 bits per heavy atom. The van der Waals surface area contributed by atoms with Crippen molar-refractivity contribution in [3.05, 3.63) is 46.5 Å². The normalized spacial score (nSPS) is 11.7. The molecule has 0 unspecified atom stereocenters. The third-order valence-electron chi connectivity index (χ3n) is 2.82. The lowest BCUT2D eigenvalue weighted by Gasteiger charge is -2.23. The molecule has 20 heavy (non-hydrogen) atoms. The maximum Gasteiger partial charge on any atom is 0.188 e. The highest BCUT2D eigenvalue weighted by molar-refractivity contribution is 14.0. The minimum Gasteiger partial charge on any atom is -0.370 e. The van der Waals surface area contributed by atoms with Gasteiger partial charge in [0.2, 0.25) is 0 Å². The van der Waals surface area contributed by atoms with Crippen molar-refractivity contribution >= 4 is 45.9 Å². The van der Waals surface area contributed by atoms with Gasteiger partial charge < -0.3 is 11.1 Å². The molecule has 0 fully saturated rings. The first-order valence-electron chi connectivity index (χ1n) is 6.25. The molecule has 1 aromatic carbocycles. The van der Waals surface area contributed by atoms with E-state index in [9.17, 15) is 0 Å². The average molecular weight is 452 g/mol. The van der Waals surface area contributed by atoms with Gasteiger partial charge in [-0.25, -0.2) is 0 Å². The van der Waals surface area contributed by atoms with Gasteiger partial charge in [-0.05, 0) is 24.6 Å². The van der Waals surface area contributed by atoms with Gasteiger partial charge in [0.15, 0.2) is 5.96 Å². The Morgan fingerprint density at radius 3 is 2.65 bits per heavy atom. The zero-order chi connectivity index (χ0) is 14.5. The summed E-state index contributed by atoms with van der Waals surface area (Å²) in [5.74, 6) is 0.464. The highest BCUT2D eigenvalue weighted by atomic mass is 127. The molecule has 0 saturated heterocycles. The summed E-state index contributed by atoms with van der Waals surface area (Å²) >= 11 is 3.49. The Balaban J connectivity index is 0.00000361. The summed E-state index contributed by atoms with van der Waals surface area (Å²) in [6.45, 7) is 11.4. The number of aliphatic imine (C=N–C) groups is 1. The number of rotatable bonds is 5. The van der Waals surface area contributed by atoms with Crippen molar-refractivity contribution in [2.24, 2.45) is 10.7 Å². The van der Waals surface area contributed by atoms with Gasteiger partial charge in [0, 0.05) is 16.4 Å². The summed E-state index contributed by atoms with van der Waals surface area (Å²) in [5, 5.41) is 3.04. The van der Waals surface area contributed by atoms with Crippen LogP contribution in [0.2, 0.25) is 0 Å². The summed E-state index contributed by atoms with van der Waals surface area (Å²) in [6, 6.07) is 8.28. The Kier molecular flexibility index (Phi) is 8.42. The van der Waals surface area contributed by atoms with Gasteiger partial charge in [0.05, 0.1) is 6.54 Å². The number of guanidine groups is 1. The van der Waals surface area contributed by atoms with Gasteiger partial charge >= 0.3 is 0 Å². The number of hydrogen-bond donors (Lipinski definition) is 2. The second kappa shape index (κ2) is 8.67. The van der Waals surface area contributed by atoms with Crippen LogP contribution in [0.3, 0.4) is 0 Å². The average Bonchev–Trinajstić information content (AvgIpc) is 2.34. The predicted molar refractivity (Wildman–Crippen MR) is 102 cm³/mol. The number of halogens is 2. The second-order valence-corrected chi connectivity index (χ2v) is 6.32. The van der Waals surface area contributed by atoms with Crippen molar-refractivity contribution < 1.29 is 0 Å². The van der Waals surface area contributed by atoms with Gasteiger partial charge in [-0.1, -0.05) is 54.1 Å². The fraction of sp³-hybridized carbons (Fsp3) is 0.400. The van der Waals surface area contributed by atoms with Crippen LogP contribution >= 0.6 is 39.9 Å². The van der Waals surface area contributed by atoms with E-state index in [-0.39, 0.29) is 29.4 Å². The molecule has 0 heterocycles. The van der Waals surface area contributed by atoms with E-state index in [1.807, 2.05) is 19.1 Å². The van der Waals surface area contributed by atoms with Crippen LogP contribution in [0.1, 0.15) is 26.3 Å². The molecule has 3 nitrogen and oxygen atoms in total. The van der Waals surface area contributed by atoms with Crippen molar-refractivity contribution in [2.45, 2.75) is 26.2 Å². The maximum absolute atomic E-state index is 5.83. The first kappa shape index (κ1) is 19.4. The SMILES string of the molecule is C=C(C)CNC(N)=NCC(C)(C)c1cccc(Br)c1.I. The maximum atomic E-state index is 5.83. The minimum absolute atomic E-state index is 0. The van der Waals surface area contributed by atoms with E-state index >= 15 is 0 Å². The zero-order valence-corrected chi connectivity index (χ0v) is 16.2. The van der Waals surface area contributed by atoms with E-state index in [1.54, 1.807) is 0 Å². The van der Waals surface area contributed by atoms with Crippen LogP contribution in [0.25, 0.3) is 0 Å². The highest BCUT2D eigenvalue weighted by Crippen LogP contribution is 2.25. The standard InChI is InChI=1S/C15H22BrN3.HI/c1-11(2)9-18-14(17)19-10-15(3,4)12-6-5-7-13(16)8-12;/h5-8H,1,9-10H2,2-4H3,(H3,17,18,19);1H. The fourth-order valence-corrected chi connectivity index (χ4v) is 1.98. The van der Waals surface area contributed by atoms with Gasteiger partial charge in [-0.2, -0.15) is 0 Å². The minimum atomic E-state index is -0.0562. The molecular formula is C15H23BrIN3. The third-order valence-corrected chi connectivity index (χ3v) is 3.32. The lowest BCUT2D eigenvalue weighted by Crippen LogP contribution is -2.34. The van der Waals surface area contributed by atoms with Crippen LogP contribution in [0.15, 0.2) is 45.9 Å². The van der Waals surface area contributed by atoms with Crippen LogP contribution < -0.4 is 11.1 Å². The van der Waals surface area contributed by atoms with E-state index in [0.717, 1.165) is 10.0 Å². The van der Waals surface area contributed by atoms with E-state index in [2.05, 4.69) is 58.8 Å². The van der Waals surface area contributed by atoms with Gasteiger partial charge in [-0.15, -0.1) is 24.0 Å². The monoisotopic (exact) mass is 451 g/mol. The van der Waals surface area contributed by atoms with Crippen LogP contribution in [-0.2, 0) is 5.41 Å². The molecule has 0 aliphatic carbocycles. The second-order valence-electron chi connectivity index (χ2n) is 5.41. The Hall–Kier alpha value is -0.560. The summed E-state index contributed by atoms with van der Waals surface area (Å²) in [7, 11) is 0. The van der Waals surface area contributed by atoms with Crippen molar-refractivity contribution in [3.8, 4) is 0 Å². The summed E-state index contributed by atoms with van der Waals surface area (Å²) in [6.07, 6.45) is 0. The molecule has 1 aromatic rings. The number of nitrogens with zero attached hydrogens (tertiary/aromatic N) is 1. The molecule has 0 radical (unpaired) electrons. The summed E-state index contributed by atoms with van der Waals surface area (Å²) in [5.41, 5.74) is 8.04. The molecular weight excluding hydrogens is 429 g/mol. The predicted octanol–water partition coefficient (Wildman–Crippen LogP) is 3.83. The molecule has 0 saturated carbocycles. The Bertz CT molecular complexity index is 484. The molecule has 5 heteroatoms. The number of hydrogen-bond acceptors (Lipinski definition) is 1. The van der Waals surface area contributed by atoms with E-state index in [4.69, 9.17) is 5.73 Å².